The summed E-state index contributed by atoms with van der Waals surface area (Å²) in [6.45, 7) is 0.106. The van der Waals surface area contributed by atoms with Crippen molar-refractivity contribution >= 4 is 17.7 Å². The lowest BCUT2D eigenvalue weighted by Crippen LogP contribution is -2.57. The van der Waals surface area contributed by atoms with E-state index in [2.05, 4.69) is 16.0 Å². The molecule has 0 aromatic heterocycles. The normalized spacial score (nSPS) is 21.2. The third kappa shape index (κ3) is 7.23. The molecule has 2 aromatic carbocycles. The van der Waals surface area contributed by atoms with Gasteiger partial charge in [0.2, 0.25) is 17.7 Å². The molecule has 4 atom stereocenters. The minimum Gasteiger partial charge on any atom is -0.508 e. The van der Waals surface area contributed by atoms with Crippen molar-refractivity contribution in [3.05, 3.63) is 53.3 Å². The van der Waals surface area contributed by atoms with Gasteiger partial charge >= 0.3 is 0 Å². The molecule has 11 nitrogen and oxygen atoms in total. The Morgan fingerprint density at radius 1 is 1.05 bits per heavy atom. The number of phenols is 1. The van der Waals surface area contributed by atoms with E-state index >= 15 is 0 Å². The predicted octanol–water partition coefficient (Wildman–Crippen LogP) is -1.62. The van der Waals surface area contributed by atoms with Gasteiger partial charge in [-0.05, 0) is 46.5 Å². The number of halogens is 1. The first-order valence-corrected chi connectivity index (χ1v) is 12.0. The lowest BCUT2D eigenvalue weighted by molar-refractivity contribution is -0.133. The maximum Gasteiger partial charge on any atom is 0.243 e. The maximum absolute atomic E-state index is 14.8. The molecule has 200 valence electrons. The first-order valence-electron chi connectivity index (χ1n) is 12.0. The summed E-state index contributed by atoms with van der Waals surface area (Å²) >= 11 is 0. The molecule has 0 spiro atoms. The Labute approximate surface area is 213 Å². The molecule has 12 heteroatoms. The second-order valence-electron chi connectivity index (χ2n) is 8.99. The highest BCUT2D eigenvalue weighted by molar-refractivity contribution is 5.93. The molecule has 0 aliphatic carbocycles. The number of aromatic hydroxyl groups is 1. The fourth-order valence-electron chi connectivity index (χ4n) is 4.07. The van der Waals surface area contributed by atoms with Crippen LogP contribution in [0.2, 0.25) is 0 Å². The number of hydrogen-bond donors (Lipinski definition) is 8. The van der Waals surface area contributed by atoms with E-state index in [0.717, 1.165) is 0 Å². The van der Waals surface area contributed by atoms with Gasteiger partial charge in [0.25, 0.3) is 0 Å². The van der Waals surface area contributed by atoms with Crippen molar-refractivity contribution in [1.82, 2.24) is 16.0 Å². The third-order valence-electron chi connectivity index (χ3n) is 6.15. The van der Waals surface area contributed by atoms with Crippen molar-refractivity contribution in [2.75, 3.05) is 19.6 Å². The number of nitrogens with two attached hydrogens (primary N) is 3. The zero-order chi connectivity index (χ0) is 27.1. The Morgan fingerprint density at radius 2 is 1.73 bits per heavy atom. The summed E-state index contributed by atoms with van der Waals surface area (Å²) < 4.78 is 14.8. The monoisotopic (exact) mass is 516 g/mol. The zero-order valence-corrected chi connectivity index (χ0v) is 20.2. The molecule has 1 heterocycles. The Kier molecular flexibility index (Phi) is 9.53. The first-order chi connectivity index (χ1) is 17.6. The summed E-state index contributed by atoms with van der Waals surface area (Å²) in [5.41, 5.74) is 18.8. The minimum absolute atomic E-state index is 0.0581. The Bertz CT molecular complexity index is 1150. The van der Waals surface area contributed by atoms with Gasteiger partial charge in [-0.25, -0.2) is 4.39 Å². The quantitative estimate of drug-likeness (QED) is 0.223. The molecule has 0 fully saturated rings. The summed E-state index contributed by atoms with van der Waals surface area (Å²) in [5.74, 6) is -2.75. The number of rotatable bonds is 6. The first kappa shape index (κ1) is 28.0. The van der Waals surface area contributed by atoms with Gasteiger partial charge in [0.1, 0.15) is 23.7 Å². The average molecular weight is 517 g/mol. The number of carbonyl (C=O) groups is 3. The number of nitrogens with one attached hydrogen (secondary N) is 3. The Hall–Kier alpha value is -3.58. The molecular formula is C25H33FN6O5. The van der Waals surface area contributed by atoms with E-state index in [9.17, 15) is 29.0 Å². The molecular weight excluding hydrogens is 483 g/mol. The van der Waals surface area contributed by atoms with E-state index in [-0.39, 0.29) is 50.2 Å². The average Bonchev–Trinajstić information content (AvgIpc) is 2.88. The van der Waals surface area contributed by atoms with Crippen LogP contribution in [0.25, 0.3) is 11.1 Å². The number of fused-ring (bicyclic) bond motifs is 5. The van der Waals surface area contributed by atoms with E-state index < -0.39 is 47.8 Å². The predicted molar refractivity (Wildman–Crippen MR) is 134 cm³/mol. The summed E-state index contributed by atoms with van der Waals surface area (Å²) in [4.78, 5) is 39.0. The summed E-state index contributed by atoms with van der Waals surface area (Å²) in [6.07, 6.45) is -1.64. The smallest absolute Gasteiger partial charge is 0.243 e. The lowest BCUT2D eigenvalue weighted by atomic mass is 9.95. The van der Waals surface area contributed by atoms with Crippen LogP contribution < -0.4 is 33.2 Å². The molecule has 3 amide bonds. The number of aliphatic hydroxyl groups excluding tert-OH is 1. The number of benzene rings is 2. The van der Waals surface area contributed by atoms with E-state index in [0.29, 0.717) is 16.7 Å². The molecule has 0 unspecified atom stereocenters. The van der Waals surface area contributed by atoms with E-state index in [1.54, 1.807) is 24.3 Å². The maximum atomic E-state index is 14.8. The SMILES string of the molecule is NCCNC(=O)[C@@H]1Cc2cc(ccc2F)-c2ccc(O)c(c2)C[C@H](N)C(=O)N[C@@H](C[C@@H](O)CN)C(=O)N1. The molecule has 2 aromatic rings. The van der Waals surface area contributed by atoms with E-state index in [4.69, 9.17) is 17.2 Å². The molecule has 37 heavy (non-hydrogen) atoms. The molecule has 1 aliphatic rings. The van der Waals surface area contributed by atoms with Crippen LogP contribution in [0.5, 0.6) is 5.75 Å². The molecule has 11 N–H and O–H groups in total. The van der Waals surface area contributed by atoms with Gasteiger partial charge in [0.05, 0.1) is 12.1 Å². The Morgan fingerprint density at radius 3 is 2.41 bits per heavy atom. The highest BCUT2D eigenvalue weighted by atomic mass is 19.1. The second kappa shape index (κ2) is 12.6. The molecule has 0 radical (unpaired) electrons. The lowest BCUT2D eigenvalue weighted by Gasteiger charge is -2.25. The van der Waals surface area contributed by atoms with Crippen LogP contribution in [0, 0.1) is 5.82 Å². The summed E-state index contributed by atoms with van der Waals surface area (Å²) in [5, 5.41) is 28.1. The highest BCUT2D eigenvalue weighted by Gasteiger charge is 2.30. The zero-order valence-electron chi connectivity index (χ0n) is 20.2. The molecule has 0 saturated carbocycles. The minimum atomic E-state index is -1.29. The van der Waals surface area contributed by atoms with Crippen LogP contribution in [0.3, 0.4) is 0 Å². The Balaban J connectivity index is 2.09. The fourth-order valence-corrected chi connectivity index (χ4v) is 4.07. The molecule has 1 aliphatic heterocycles. The summed E-state index contributed by atoms with van der Waals surface area (Å²) in [6, 6.07) is 5.43. The van der Waals surface area contributed by atoms with Gasteiger partial charge < -0.3 is 43.4 Å². The van der Waals surface area contributed by atoms with Crippen molar-refractivity contribution < 1.29 is 29.0 Å². The van der Waals surface area contributed by atoms with Gasteiger partial charge in [-0.1, -0.05) is 12.1 Å². The highest BCUT2D eigenvalue weighted by Crippen LogP contribution is 2.28. The van der Waals surface area contributed by atoms with Gasteiger partial charge in [-0.3, -0.25) is 14.4 Å². The van der Waals surface area contributed by atoms with Gasteiger partial charge in [-0.15, -0.1) is 0 Å². The number of phenolic OH excluding ortho intramolecular Hbond substituents is 1. The molecule has 4 bridgehead atoms. The molecule has 3 rings (SSSR count). The fraction of sp³-hybridized carbons (Fsp3) is 0.400. The van der Waals surface area contributed by atoms with Crippen molar-refractivity contribution in [1.29, 1.82) is 0 Å². The third-order valence-corrected chi connectivity index (χ3v) is 6.15. The summed E-state index contributed by atoms with van der Waals surface area (Å²) in [7, 11) is 0. The number of carbonyl (C=O) groups excluding carboxylic acids is 3. The number of aliphatic hydroxyl groups is 1. The van der Waals surface area contributed by atoms with Crippen LogP contribution in [0.15, 0.2) is 36.4 Å². The van der Waals surface area contributed by atoms with Crippen molar-refractivity contribution in [2.45, 2.75) is 43.5 Å². The van der Waals surface area contributed by atoms with Crippen LogP contribution in [0.1, 0.15) is 17.5 Å². The van der Waals surface area contributed by atoms with Crippen molar-refractivity contribution in [3.8, 4) is 16.9 Å². The van der Waals surface area contributed by atoms with Gasteiger partial charge in [0.15, 0.2) is 0 Å². The van der Waals surface area contributed by atoms with Crippen LogP contribution >= 0.6 is 0 Å². The van der Waals surface area contributed by atoms with Crippen molar-refractivity contribution in [3.63, 3.8) is 0 Å². The molecule has 0 saturated heterocycles. The largest absolute Gasteiger partial charge is 0.508 e. The second-order valence-corrected chi connectivity index (χ2v) is 8.99. The standard InChI is InChI=1S/C25H33FN6O5/c26-18-3-1-13-7-15(18)10-20(24(36)30-6-5-27)32-25(37)21(11-17(33)12-28)31-23(35)19(29)9-16-8-14(13)2-4-22(16)34/h1-4,7-8,17,19-21,33-34H,5-6,9-12,27-29H2,(H,30,36)(H,31,35)(H,32,37)/t17-,19+,20+,21+/m1/s1. The van der Waals surface area contributed by atoms with Crippen LogP contribution in [-0.2, 0) is 27.2 Å². The van der Waals surface area contributed by atoms with Crippen molar-refractivity contribution in [2.24, 2.45) is 17.2 Å². The van der Waals surface area contributed by atoms with Crippen LogP contribution in [0.4, 0.5) is 4.39 Å². The van der Waals surface area contributed by atoms with Gasteiger partial charge in [-0.2, -0.15) is 0 Å². The number of amides is 3. The number of hydrogen-bond acceptors (Lipinski definition) is 8. The topological polar surface area (TPSA) is 206 Å². The van der Waals surface area contributed by atoms with E-state index in [1.807, 2.05) is 0 Å². The van der Waals surface area contributed by atoms with E-state index in [1.165, 1.54) is 12.1 Å². The van der Waals surface area contributed by atoms with Gasteiger partial charge in [0, 0.05) is 38.9 Å². The van der Waals surface area contributed by atoms with Crippen LogP contribution in [-0.4, -0.2) is 71.8 Å².